The lowest BCUT2D eigenvalue weighted by Gasteiger charge is -2.09. The van der Waals surface area contributed by atoms with Crippen molar-refractivity contribution in [3.8, 4) is 0 Å². The summed E-state index contributed by atoms with van der Waals surface area (Å²) < 4.78 is 16.0. The molecule has 1 heterocycles. The topological polar surface area (TPSA) is 27.7 Å². The third-order valence-electron chi connectivity index (χ3n) is 1.68. The Hall–Kier alpha value is -0.380. The van der Waals surface area contributed by atoms with E-state index in [9.17, 15) is 0 Å². The molecule has 0 saturated carbocycles. The first kappa shape index (κ1) is 9.71. The molecule has 3 nitrogen and oxygen atoms in total. The van der Waals surface area contributed by atoms with Crippen molar-refractivity contribution in [2.24, 2.45) is 0 Å². The predicted molar refractivity (Wildman–Crippen MR) is 45.9 cm³/mol. The van der Waals surface area contributed by atoms with Crippen LogP contribution in [0, 0.1) is 0 Å². The van der Waals surface area contributed by atoms with Gasteiger partial charge in [-0.2, -0.15) is 0 Å². The van der Waals surface area contributed by atoms with Gasteiger partial charge in [-0.15, -0.1) is 6.58 Å². The first-order valence-corrected chi connectivity index (χ1v) is 4.32. The summed E-state index contributed by atoms with van der Waals surface area (Å²) in [5, 5.41) is 0. The van der Waals surface area contributed by atoms with Crippen molar-refractivity contribution < 1.29 is 14.2 Å². The van der Waals surface area contributed by atoms with Crippen molar-refractivity contribution in [3.05, 3.63) is 12.7 Å². The van der Waals surface area contributed by atoms with Gasteiger partial charge >= 0.3 is 0 Å². The Labute approximate surface area is 73.3 Å². The highest BCUT2D eigenvalue weighted by molar-refractivity contribution is 4.73. The maximum absolute atomic E-state index is 5.49. The van der Waals surface area contributed by atoms with Gasteiger partial charge in [-0.3, -0.25) is 0 Å². The monoisotopic (exact) mass is 172 g/mol. The van der Waals surface area contributed by atoms with E-state index >= 15 is 0 Å². The van der Waals surface area contributed by atoms with E-state index in [1.165, 1.54) is 0 Å². The average molecular weight is 172 g/mol. The van der Waals surface area contributed by atoms with Gasteiger partial charge in [-0.1, -0.05) is 6.08 Å². The van der Waals surface area contributed by atoms with Crippen LogP contribution in [0.4, 0.5) is 0 Å². The Kier molecular flexibility index (Phi) is 4.29. The summed E-state index contributed by atoms with van der Waals surface area (Å²) in [6, 6.07) is 0. The van der Waals surface area contributed by atoms with Crippen LogP contribution in [0.15, 0.2) is 12.7 Å². The minimum absolute atomic E-state index is 0.104. The largest absolute Gasteiger partial charge is 0.379 e. The van der Waals surface area contributed by atoms with Gasteiger partial charge in [-0.25, -0.2) is 0 Å². The Bertz CT molecular complexity index is 136. The summed E-state index contributed by atoms with van der Waals surface area (Å²) in [5.74, 6) is 0. The van der Waals surface area contributed by atoms with Crippen LogP contribution < -0.4 is 0 Å². The molecule has 1 aliphatic rings. The van der Waals surface area contributed by atoms with Crippen LogP contribution in [0.25, 0.3) is 0 Å². The second-order valence-corrected chi connectivity index (χ2v) is 2.70. The summed E-state index contributed by atoms with van der Waals surface area (Å²) in [6.07, 6.45) is 2.55. The van der Waals surface area contributed by atoms with Crippen molar-refractivity contribution >= 4 is 0 Å². The second kappa shape index (κ2) is 5.30. The predicted octanol–water partition coefficient (Wildman–Crippen LogP) is 1.34. The molecule has 0 N–H and O–H groups in total. The first-order valence-electron chi connectivity index (χ1n) is 4.32. The van der Waals surface area contributed by atoms with Crippen molar-refractivity contribution in [3.63, 3.8) is 0 Å². The van der Waals surface area contributed by atoms with Crippen LogP contribution in [-0.2, 0) is 14.2 Å². The SMILES string of the molecule is C=CCC1OCC(COCC)O1. The Balaban J connectivity index is 2.12. The summed E-state index contributed by atoms with van der Waals surface area (Å²) in [5.41, 5.74) is 0. The normalized spacial score (nSPS) is 29.1. The lowest BCUT2D eigenvalue weighted by atomic mass is 10.4. The van der Waals surface area contributed by atoms with E-state index in [0.717, 1.165) is 13.0 Å². The van der Waals surface area contributed by atoms with Gasteiger partial charge in [0.1, 0.15) is 6.10 Å². The molecule has 12 heavy (non-hydrogen) atoms. The van der Waals surface area contributed by atoms with Gasteiger partial charge in [0, 0.05) is 13.0 Å². The molecule has 0 aromatic carbocycles. The summed E-state index contributed by atoms with van der Waals surface area (Å²) in [6.45, 7) is 7.58. The molecule has 1 aliphatic heterocycles. The highest BCUT2D eigenvalue weighted by Gasteiger charge is 2.24. The molecule has 70 valence electrons. The van der Waals surface area contributed by atoms with Crippen molar-refractivity contribution in [1.82, 2.24) is 0 Å². The smallest absolute Gasteiger partial charge is 0.161 e. The molecule has 1 rings (SSSR count). The van der Waals surface area contributed by atoms with Crippen LogP contribution in [-0.4, -0.2) is 32.2 Å². The molecule has 0 aliphatic carbocycles. The highest BCUT2D eigenvalue weighted by atomic mass is 16.7. The number of hydrogen-bond donors (Lipinski definition) is 0. The van der Waals surface area contributed by atoms with E-state index in [0.29, 0.717) is 13.2 Å². The van der Waals surface area contributed by atoms with Crippen LogP contribution in [0.3, 0.4) is 0 Å². The Morgan fingerprint density at radius 3 is 3.17 bits per heavy atom. The van der Waals surface area contributed by atoms with Gasteiger partial charge in [0.25, 0.3) is 0 Å². The van der Waals surface area contributed by atoms with E-state index in [-0.39, 0.29) is 12.4 Å². The fourth-order valence-electron chi connectivity index (χ4n) is 1.10. The van der Waals surface area contributed by atoms with Gasteiger partial charge < -0.3 is 14.2 Å². The molecule has 0 amide bonds. The fourth-order valence-corrected chi connectivity index (χ4v) is 1.10. The fraction of sp³-hybridized carbons (Fsp3) is 0.778. The number of ether oxygens (including phenoxy) is 3. The van der Waals surface area contributed by atoms with E-state index in [2.05, 4.69) is 6.58 Å². The molecule has 0 aromatic heterocycles. The van der Waals surface area contributed by atoms with Crippen LogP contribution in [0.1, 0.15) is 13.3 Å². The molecular formula is C9H16O3. The van der Waals surface area contributed by atoms with Crippen molar-refractivity contribution in [2.75, 3.05) is 19.8 Å². The second-order valence-electron chi connectivity index (χ2n) is 2.70. The van der Waals surface area contributed by atoms with E-state index < -0.39 is 0 Å². The minimum atomic E-state index is -0.104. The van der Waals surface area contributed by atoms with Crippen LogP contribution >= 0.6 is 0 Å². The zero-order valence-electron chi connectivity index (χ0n) is 7.49. The lowest BCUT2D eigenvalue weighted by molar-refractivity contribution is -0.0673. The Morgan fingerprint density at radius 1 is 1.67 bits per heavy atom. The van der Waals surface area contributed by atoms with E-state index in [1.54, 1.807) is 6.08 Å². The summed E-state index contributed by atoms with van der Waals surface area (Å²) >= 11 is 0. The molecule has 2 unspecified atom stereocenters. The van der Waals surface area contributed by atoms with Gasteiger partial charge in [0.15, 0.2) is 6.29 Å². The maximum Gasteiger partial charge on any atom is 0.161 e. The molecule has 0 radical (unpaired) electrons. The highest BCUT2D eigenvalue weighted by Crippen LogP contribution is 2.14. The third kappa shape index (κ3) is 2.93. The third-order valence-corrected chi connectivity index (χ3v) is 1.68. The molecule has 0 bridgehead atoms. The first-order chi connectivity index (χ1) is 5.86. The molecule has 2 atom stereocenters. The van der Waals surface area contributed by atoms with E-state index in [1.807, 2.05) is 6.92 Å². The molecule has 0 aromatic rings. The average Bonchev–Trinajstić information content (AvgIpc) is 2.50. The molecule has 0 spiro atoms. The lowest BCUT2D eigenvalue weighted by Crippen LogP contribution is -2.18. The summed E-state index contributed by atoms with van der Waals surface area (Å²) in [4.78, 5) is 0. The number of rotatable bonds is 5. The van der Waals surface area contributed by atoms with Crippen molar-refractivity contribution in [1.29, 1.82) is 0 Å². The zero-order valence-corrected chi connectivity index (χ0v) is 7.49. The standard InChI is InChI=1S/C9H16O3/c1-3-5-9-11-7-8(12-9)6-10-4-2/h3,8-9H,1,4-7H2,2H3. The van der Waals surface area contributed by atoms with E-state index in [4.69, 9.17) is 14.2 Å². The summed E-state index contributed by atoms with van der Waals surface area (Å²) in [7, 11) is 0. The maximum atomic E-state index is 5.49. The van der Waals surface area contributed by atoms with Gasteiger partial charge in [0.2, 0.25) is 0 Å². The molecule has 1 saturated heterocycles. The minimum Gasteiger partial charge on any atom is -0.379 e. The molecular weight excluding hydrogens is 156 g/mol. The molecule has 3 heteroatoms. The quantitative estimate of drug-likeness (QED) is 0.586. The Morgan fingerprint density at radius 2 is 2.50 bits per heavy atom. The van der Waals surface area contributed by atoms with Crippen LogP contribution in [0.5, 0.6) is 0 Å². The zero-order chi connectivity index (χ0) is 8.81. The number of hydrogen-bond acceptors (Lipinski definition) is 3. The molecule has 1 fully saturated rings. The van der Waals surface area contributed by atoms with Crippen LogP contribution in [0.2, 0.25) is 0 Å². The van der Waals surface area contributed by atoms with Gasteiger partial charge in [0.05, 0.1) is 13.2 Å². The van der Waals surface area contributed by atoms with Gasteiger partial charge in [-0.05, 0) is 6.92 Å². The van der Waals surface area contributed by atoms with Crippen molar-refractivity contribution in [2.45, 2.75) is 25.7 Å².